The topological polar surface area (TPSA) is 78.6 Å². The number of hydrogen-bond acceptors (Lipinski definition) is 5. The molecule has 0 amide bonds. The second-order valence-corrected chi connectivity index (χ2v) is 7.44. The lowest BCUT2D eigenvalue weighted by atomic mass is 10.2. The molecule has 0 radical (unpaired) electrons. The lowest BCUT2D eigenvalue weighted by Crippen LogP contribution is -2.45. The zero-order valence-electron chi connectivity index (χ0n) is 16.5. The van der Waals surface area contributed by atoms with Gasteiger partial charge in [0, 0.05) is 55.8 Å². The average molecular weight is 519 g/mol. The highest BCUT2D eigenvalue weighted by atomic mass is 127. The number of aliphatic imine (C=N–C) groups is 1. The minimum Gasteiger partial charge on any atom is -0.369 e. The highest BCUT2D eigenvalue weighted by molar-refractivity contribution is 14.0. The van der Waals surface area contributed by atoms with Crippen LogP contribution in [0, 0.1) is 0 Å². The summed E-state index contributed by atoms with van der Waals surface area (Å²) in [6.07, 6.45) is 1.72. The summed E-state index contributed by atoms with van der Waals surface area (Å²) in [4.78, 5) is 11.0. The Kier molecular flexibility index (Phi) is 8.81. The molecule has 28 heavy (non-hydrogen) atoms. The van der Waals surface area contributed by atoms with Gasteiger partial charge >= 0.3 is 0 Å². The number of nitrogens with zero attached hydrogens (tertiary/aromatic N) is 4. The molecule has 9 heteroatoms. The molecule has 0 spiro atoms. The summed E-state index contributed by atoms with van der Waals surface area (Å²) in [7, 11) is 1.78. The molecule has 2 heterocycles. The Morgan fingerprint density at radius 2 is 2.25 bits per heavy atom. The maximum atomic E-state index is 6.10. The summed E-state index contributed by atoms with van der Waals surface area (Å²) in [5.41, 5.74) is 1.16. The standard InChI is InChI=1S/C19H27ClN6O.HI/c1-13(2)18-24-17(27-25-18)7-9-22-19(21-3)23-15-8-10-26(12-15)16-6-4-5-14(20)11-16;/h4-6,11,13,15H,7-10,12H2,1-3H3,(H2,21,22,23);1H. The van der Waals surface area contributed by atoms with Gasteiger partial charge in [0.1, 0.15) is 0 Å². The summed E-state index contributed by atoms with van der Waals surface area (Å²) >= 11 is 6.10. The van der Waals surface area contributed by atoms with Crippen LogP contribution in [0.2, 0.25) is 5.02 Å². The molecule has 1 aliphatic rings. The van der Waals surface area contributed by atoms with Gasteiger partial charge < -0.3 is 20.1 Å². The van der Waals surface area contributed by atoms with E-state index in [1.165, 1.54) is 0 Å². The first kappa shape index (κ1) is 22.7. The van der Waals surface area contributed by atoms with E-state index in [9.17, 15) is 0 Å². The van der Waals surface area contributed by atoms with Crippen molar-refractivity contribution in [3.8, 4) is 0 Å². The van der Waals surface area contributed by atoms with Gasteiger partial charge in [-0.05, 0) is 24.6 Å². The third-order valence-corrected chi connectivity index (χ3v) is 4.79. The van der Waals surface area contributed by atoms with E-state index in [2.05, 4.69) is 36.7 Å². The molecule has 1 aliphatic heterocycles. The van der Waals surface area contributed by atoms with E-state index < -0.39 is 0 Å². The van der Waals surface area contributed by atoms with E-state index in [-0.39, 0.29) is 29.9 Å². The third-order valence-electron chi connectivity index (χ3n) is 4.56. The number of halogens is 2. The van der Waals surface area contributed by atoms with Crippen LogP contribution >= 0.6 is 35.6 Å². The third kappa shape index (κ3) is 6.23. The SMILES string of the molecule is CN=C(NCCc1nc(C(C)C)no1)NC1CCN(c2cccc(Cl)c2)C1.I. The Labute approximate surface area is 188 Å². The van der Waals surface area contributed by atoms with Gasteiger partial charge in [0.05, 0.1) is 0 Å². The van der Waals surface area contributed by atoms with E-state index in [1.54, 1.807) is 7.05 Å². The van der Waals surface area contributed by atoms with Crippen LogP contribution in [0.1, 0.15) is 37.9 Å². The Balaban J connectivity index is 0.00000280. The van der Waals surface area contributed by atoms with Crippen LogP contribution in [0.25, 0.3) is 0 Å². The van der Waals surface area contributed by atoms with Crippen LogP contribution in [0.5, 0.6) is 0 Å². The summed E-state index contributed by atoms with van der Waals surface area (Å²) in [6, 6.07) is 8.33. The first-order valence-electron chi connectivity index (χ1n) is 9.35. The van der Waals surface area contributed by atoms with Gasteiger partial charge in [0.25, 0.3) is 0 Å². The van der Waals surface area contributed by atoms with Crippen molar-refractivity contribution in [2.45, 2.75) is 38.6 Å². The van der Waals surface area contributed by atoms with Crippen LogP contribution < -0.4 is 15.5 Å². The molecular formula is C19H28ClIN6O. The van der Waals surface area contributed by atoms with E-state index >= 15 is 0 Å². The maximum absolute atomic E-state index is 6.10. The fourth-order valence-electron chi connectivity index (χ4n) is 3.07. The Morgan fingerprint density at radius 3 is 2.93 bits per heavy atom. The van der Waals surface area contributed by atoms with Crippen LogP contribution in [-0.4, -0.2) is 48.8 Å². The monoisotopic (exact) mass is 518 g/mol. The molecule has 0 aliphatic carbocycles. The molecule has 7 nitrogen and oxygen atoms in total. The zero-order chi connectivity index (χ0) is 19.2. The normalized spacial score (nSPS) is 17.0. The fraction of sp³-hybridized carbons (Fsp3) is 0.526. The highest BCUT2D eigenvalue weighted by Crippen LogP contribution is 2.23. The summed E-state index contributed by atoms with van der Waals surface area (Å²) in [6.45, 7) is 6.70. The second-order valence-electron chi connectivity index (χ2n) is 7.01. The Bertz CT molecular complexity index is 781. The van der Waals surface area contributed by atoms with E-state index in [1.807, 2.05) is 32.0 Å². The highest BCUT2D eigenvalue weighted by Gasteiger charge is 2.23. The number of aromatic nitrogens is 2. The summed E-state index contributed by atoms with van der Waals surface area (Å²) in [5.74, 6) is 2.46. The molecule has 1 unspecified atom stereocenters. The molecule has 1 aromatic carbocycles. The number of anilines is 1. The quantitative estimate of drug-likeness (QED) is 0.346. The van der Waals surface area contributed by atoms with Crippen molar-refractivity contribution in [1.29, 1.82) is 0 Å². The van der Waals surface area contributed by atoms with E-state index in [0.29, 0.717) is 24.9 Å². The number of hydrogen-bond donors (Lipinski definition) is 2. The first-order chi connectivity index (χ1) is 13.0. The molecular weight excluding hydrogens is 491 g/mol. The molecule has 2 aromatic rings. The maximum Gasteiger partial charge on any atom is 0.228 e. The van der Waals surface area contributed by atoms with Crippen molar-refractivity contribution in [1.82, 2.24) is 20.8 Å². The Hall–Kier alpha value is -1.55. The molecule has 1 atom stereocenters. The van der Waals surface area contributed by atoms with Gasteiger partial charge in [-0.15, -0.1) is 24.0 Å². The number of guanidine groups is 1. The molecule has 1 fully saturated rings. The van der Waals surface area contributed by atoms with Crippen molar-refractivity contribution in [2.75, 3.05) is 31.6 Å². The number of nitrogens with one attached hydrogen (secondary N) is 2. The van der Waals surface area contributed by atoms with Crippen LogP contribution in [0.4, 0.5) is 5.69 Å². The lowest BCUT2D eigenvalue weighted by Gasteiger charge is -2.20. The summed E-state index contributed by atoms with van der Waals surface area (Å²) < 4.78 is 5.27. The van der Waals surface area contributed by atoms with E-state index in [0.717, 1.165) is 42.0 Å². The first-order valence-corrected chi connectivity index (χ1v) is 9.73. The second kappa shape index (κ2) is 10.8. The molecule has 1 aromatic heterocycles. The van der Waals surface area contributed by atoms with Crippen molar-refractivity contribution in [3.63, 3.8) is 0 Å². The molecule has 1 saturated heterocycles. The molecule has 154 valence electrons. The van der Waals surface area contributed by atoms with Crippen molar-refractivity contribution >= 4 is 47.2 Å². The van der Waals surface area contributed by atoms with Crippen molar-refractivity contribution in [2.24, 2.45) is 4.99 Å². The molecule has 0 bridgehead atoms. The minimum absolute atomic E-state index is 0. The zero-order valence-corrected chi connectivity index (χ0v) is 19.6. The van der Waals surface area contributed by atoms with Crippen LogP contribution in [-0.2, 0) is 6.42 Å². The van der Waals surface area contributed by atoms with Gasteiger partial charge in [-0.3, -0.25) is 4.99 Å². The largest absolute Gasteiger partial charge is 0.369 e. The van der Waals surface area contributed by atoms with E-state index in [4.69, 9.17) is 16.1 Å². The number of rotatable bonds is 6. The molecule has 0 saturated carbocycles. The van der Waals surface area contributed by atoms with Crippen LogP contribution in [0.3, 0.4) is 0 Å². The van der Waals surface area contributed by atoms with Gasteiger partial charge in [0.15, 0.2) is 11.8 Å². The fourth-order valence-corrected chi connectivity index (χ4v) is 3.25. The lowest BCUT2D eigenvalue weighted by molar-refractivity contribution is 0.371. The van der Waals surface area contributed by atoms with Gasteiger partial charge in [-0.1, -0.05) is 36.7 Å². The molecule has 2 N–H and O–H groups in total. The minimum atomic E-state index is 0. The summed E-state index contributed by atoms with van der Waals surface area (Å²) in [5, 5.41) is 11.6. The average Bonchev–Trinajstić information content (AvgIpc) is 3.30. The smallest absolute Gasteiger partial charge is 0.228 e. The van der Waals surface area contributed by atoms with Crippen molar-refractivity contribution in [3.05, 3.63) is 41.0 Å². The van der Waals surface area contributed by atoms with Crippen molar-refractivity contribution < 1.29 is 4.52 Å². The van der Waals surface area contributed by atoms with Gasteiger partial charge in [0.2, 0.25) is 5.89 Å². The predicted molar refractivity (Wildman–Crippen MR) is 124 cm³/mol. The van der Waals surface area contributed by atoms with Crippen LogP contribution in [0.15, 0.2) is 33.8 Å². The van der Waals surface area contributed by atoms with Gasteiger partial charge in [-0.2, -0.15) is 4.98 Å². The van der Waals surface area contributed by atoms with Gasteiger partial charge in [-0.25, -0.2) is 0 Å². The molecule has 3 rings (SSSR count). The Morgan fingerprint density at radius 1 is 1.43 bits per heavy atom. The number of benzene rings is 1. The predicted octanol–water partition coefficient (Wildman–Crippen LogP) is 3.45.